The monoisotopic (exact) mass is 258 g/mol. The molecule has 6 heteroatoms. The van der Waals surface area contributed by atoms with Crippen molar-refractivity contribution in [2.45, 2.75) is 38.8 Å². The highest BCUT2D eigenvalue weighted by atomic mass is 16.4. The third kappa shape index (κ3) is 2.58. The van der Waals surface area contributed by atoms with Crippen LogP contribution in [0.2, 0.25) is 0 Å². The van der Waals surface area contributed by atoms with Crippen LogP contribution in [-0.4, -0.2) is 63.8 Å². The first-order chi connectivity index (χ1) is 8.22. The Bertz CT molecular complexity index is 343. The van der Waals surface area contributed by atoms with Crippen LogP contribution in [0.15, 0.2) is 0 Å². The van der Waals surface area contributed by atoms with Gasteiger partial charge in [-0.3, -0.25) is 0 Å². The fraction of sp³-hybridized carbons (Fsp3) is 0.833. The van der Waals surface area contributed by atoms with Crippen LogP contribution in [-0.2, 0) is 4.79 Å². The predicted molar refractivity (Wildman–Crippen MR) is 66.2 cm³/mol. The summed E-state index contributed by atoms with van der Waals surface area (Å²) in [5.74, 6) is -1.01. The molecule has 1 fully saturated rings. The molecule has 2 N–H and O–H groups in total. The van der Waals surface area contributed by atoms with Gasteiger partial charge in [0.15, 0.2) is 0 Å². The lowest BCUT2D eigenvalue weighted by molar-refractivity contribution is -0.142. The molecule has 104 valence electrons. The van der Waals surface area contributed by atoms with E-state index in [0.717, 1.165) is 0 Å². The number of rotatable bonds is 3. The van der Waals surface area contributed by atoms with Crippen molar-refractivity contribution in [3.05, 3.63) is 0 Å². The summed E-state index contributed by atoms with van der Waals surface area (Å²) in [5.41, 5.74) is -0.702. The number of urea groups is 1. The van der Waals surface area contributed by atoms with Gasteiger partial charge in [0.05, 0.1) is 12.1 Å². The Morgan fingerprint density at radius 1 is 1.44 bits per heavy atom. The number of hydrogen-bond donors (Lipinski definition) is 2. The zero-order valence-corrected chi connectivity index (χ0v) is 11.4. The van der Waals surface area contributed by atoms with Crippen molar-refractivity contribution in [3.8, 4) is 0 Å². The second-order valence-corrected chi connectivity index (χ2v) is 5.55. The predicted octanol–water partition coefficient (Wildman–Crippen LogP) is 0.604. The first kappa shape index (κ1) is 14.8. The largest absolute Gasteiger partial charge is 0.480 e. The van der Waals surface area contributed by atoms with Gasteiger partial charge >= 0.3 is 12.0 Å². The van der Waals surface area contributed by atoms with Crippen LogP contribution >= 0.6 is 0 Å². The fourth-order valence-corrected chi connectivity index (χ4v) is 2.10. The lowest BCUT2D eigenvalue weighted by atomic mass is 10.0. The normalized spacial score (nSPS) is 24.2. The summed E-state index contributed by atoms with van der Waals surface area (Å²) in [5, 5.41) is 18.4. The molecule has 0 aromatic carbocycles. The van der Waals surface area contributed by atoms with Gasteiger partial charge in [-0.25, -0.2) is 9.59 Å². The maximum Gasteiger partial charge on any atom is 0.326 e. The Labute approximate surface area is 107 Å². The number of amides is 2. The third-order valence-corrected chi connectivity index (χ3v) is 3.78. The van der Waals surface area contributed by atoms with Gasteiger partial charge in [-0.2, -0.15) is 0 Å². The molecule has 0 aliphatic carbocycles. The average Bonchev–Trinajstić information content (AvgIpc) is 2.69. The van der Waals surface area contributed by atoms with Gasteiger partial charge in [-0.05, 0) is 26.2 Å². The number of carbonyl (C=O) groups is 2. The average molecular weight is 258 g/mol. The van der Waals surface area contributed by atoms with Gasteiger partial charge in [-0.1, -0.05) is 6.92 Å². The molecule has 1 aliphatic heterocycles. The minimum Gasteiger partial charge on any atom is -0.480 e. The lowest BCUT2D eigenvalue weighted by Gasteiger charge is -2.38. The Hall–Kier alpha value is -1.30. The second kappa shape index (κ2) is 5.14. The molecule has 0 spiro atoms. The van der Waals surface area contributed by atoms with E-state index in [1.807, 2.05) is 6.92 Å². The lowest BCUT2D eigenvalue weighted by Crippen LogP contribution is -2.55. The minimum atomic E-state index is -0.969. The highest BCUT2D eigenvalue weighted by molar-refractivity contribution is 5.83. The summed E-state index contributed by atoms with van der Waals surface area (Å²) in [6.45, 7) is 5.59. The van der Waals surface area contributed by atoms with E-state index in [2.05, 4.69) is 0 Å². The molecule has 18 heavy (non-hydrogen) atoms. The van der Waals surface area contributed by atoms with E-state index in [4.69, 9.17) is 0 Å². The highest BCUT2D eigenvalue weighted by Gasteiger charge is 2.42. The van der Waals surface area contributed by atoms with E-state index in [9.17, 15) is 19.8 Å². The van der Waals surface area contributed by atoms with Gasteiger partial charge < -0.3 is 20.0 Å². The number of carboxylic acid groups (broad SMARTS) is 1. The van der Waals surface area contributed by atoms with Gasteiger partial charge in [0.25, 0.3) is 0 Å². The number of hydrogen-bond acceptors (Lipinski definition) is 3. The number of likely N-dealkylation sites (tertiary alicyclic amines) is 1. The topological polar surface area (TPSA) is 81.1 Å². The van der Waals surface area contributed by atoms with Crippen LogP contribution in [0.4, 0.5) is 4.79 Å². The Balaban J connectivity index is 2.87. The van der Waals surface area contributed by atoms with Crippen LogP contribution in [0.3, 0.4) is 0 Å². The van der Waals surface area contributed by atoms with Gasteiger partial charge in [0.1, 0.15) is 6.04 Å². The minimum absolute atomic E-state index is 0.0444. The van der Waals surface area contributed by atoms with Crippen molar-refractivity contribution in [2.75, 3.05) is 20.2 Å². The summed E-state index contributed by atoms with van der Waals surface area (Å²) < 4.78 is 0. The molecule has 0 radical (unpaired) electrons. The Morgan fingerprint density at radius 2 is 2.00 bits per heavy atom. The highest BCUT2D eigenvalue weighted by Crippen LogP contribution is 2.26. The molecule has 2 atom stereocenters. The molecule has 0 aromatic rings. The smallest absolute Gasteiger partial charge is 0.326 e. The molecule has 0 bridgehead atoms. The van der Waals surface area contributed by atoms with E-state index in [0.29, 0.717) is 13.0 Å². The van der Waals surface area contributed by atoms with Crippen LogP contribution < -0.4 is 0 Å². The second-order valence-electron chi connectivity index (χ2n) is 5.55. The van der Waals surface area contributed by atoms with Gasteiger partial charge in [-0.15, -0.1) is 0 Å². The number of aliphatic carboxylic acids is 1. The van der Waals surface area contributed by atoms with Crippen molar-refractivity contribution in [3.63, 3.8) is 0 Å². The SMILES string of the molecule is CC1CCN(C(=O)N(C)C(C)(C)CO)C1C(=O)O. The van der Waals surface area contributed by atoms with Crippen molar-refractivity contribution in [1.82, 2.24) is 9.80 Å². The first-order valence-corrected chi connectivity index (χ1v) is 6.10. The summed E-state index contributed by atoms with van der Waals surface area (Å²) in [6.07, 6.45) is 0.691. The fourth-order valence-electron chi connectivity index (χ4n) is 2.10. The van der Waals surface area contributed by atoms with E-state index in [1.165, 1.54) is 9.80 Å². The molecule has 1 aliphatic rings. The number of aliphatic hydroxyl groups is 1. The summed E-state index contributed by atoms with van der Waals surface area (Å²) in [6, 6.07) is -1.11. The molecule has 1 rings (SSSR count). The van der Waals surface area contributed by atoms with E-state index in [-0.39, 0.29) is 18.6 Å². The zero-order chi connectivity index (χ0) is 14.1. The molecular formula is C12H22N2O4. The number of carboxylic acids is 1. The van der Waals surface area contributed by atoms with Crippen LogP contribution in [0.1, 0.15) is 27.2 Å². The Kier molecular flexibility index (Phi) is 4.21. The zero-order valence-electron chi connectivity index (χ0n) is 11.4. The Morgan fingerprint density at radius 3 is 2.44 bits per heavy atom. The van der Waals surface area contributed by atoms with E-state index >= 15 is 0 Å². The molecular weight excluding hydrogens is 236 g/mol. The first-order valence-electron chi connectivity index (χ1n) is 6.10. The maximum absolute atomic E-state index is 12.3. The van der Waals surface area contributed by atoms with Gasteiger partial charge in [0.2, 0.25) is 0 Å². The van der Waals surface area contributed by atoms with E-state index in [1.54, 1.807) is 20.9 Å². The van der Waals surface area contributed by atoms with Gasteiger partial charge in [0, 0.05) is 13.6 Å². The molecule has 0 aromatic heterocycles. The number of nitrogens with zero attached hydrogens (tertiary/aromatic N) is 2. The number of aliphatic hydroxyl groups excluding tert-OH is 1. The molecule has 2 unspecified atom stereocenters. The van der Waals surface area contributed by atoms with Crippen molar-refractivity contribution in [1.29, 1.82) is 0 Å². The van der Waals surface area contributed by atoms with Crippen molar-refractivity contribution >= 4 is 12.0 Å². The third-order valence-electron chi connectivity index (χ3n) is 3.78. The maximum atomic E-state index is 12.3. The molecule has 1 heterocycles. The molecule has 2 amide bonds. The molecule has 6 nitrogen and oxygen atoms in total. The standard InChI is InChI=1S/C12H22N2O4/c1-8-5-6-14(9(8)10(16)17)11(18)13(4)12(2,3)7-15/h8-9,15H,5-7H2,1-4H3,(H,16,17). The van der Waals surface area contributed by atoms with E-state index < -0.39 is 17.6 Å². The summed E-state index contributed by atoms with van der Waals surface area (Å²) >= 11 is 0. The van der Waals surface area contributed by atoms with Crippen molar-refractivity contribution in [2.24, 2.45) is 5.92 Å². The molecule has 1 saturated heterocycles. The summed E-state index contributed by atoms with van der Waals surface area (Å²) in [7, 11) is 1.58. The van der Waals surface area contributed by atoms with Crippen molar-refractivity contribution < 1.29 is 19.8 Å². The van der Waals surface area contributed by atoms with Crippen LogP contribution in [0, 0.1) is 5.92 Å². The van der Waals surface area contributed by atoms with Crippen LogP contribution in [0.25, 0.3) is 0 Å². The quantitative estimate of drug-likeness (QED) is 0.777. The number of likely N-dealkylation sites (N-methyl/N-ethyl adjacent to an activating group) is 1. The number of carbonyl (C=O) groups excluding carboxylic acids is 1. The molecule has 0 saturated carbocycles. The van der Waals surface area contributed by atoms with Crippen LogP contribution in [0.5, 0.6) is 0 Å². The summed E-state index contributed by atoms with van der Waals surface area (Å²) in [4.78, 5) is 26.3.